The Bertz CT molecular complexity index is 782. The number of hydrogen-bond acceptors (Lipinski definition) is 3. The van der Waals surface area contributed by atoms with Crippen LogP contribution in [0.15, 0.2) is 29.7 Å². The van der Waals surface area contributed by atoms with Gasteiger partial charge >= 0.3 is 0 Å². The van der Waals surface area contributed by atoms with Crippen LogP contribution in [0.25, 0.3) is 0 Å². The number of rotatable bonds is 4. The number of hydrogen-bond donors (Lipinski definition) is 0. The van der Waals surface area contributed by atoms with Crippen LogP contribution in [0.3, 0.4) is 0 Å². The van der Waals surface area contributed by atoms with E-state index in [2.05, 4.69) is 0 Å². The minimum Gasteiger partial charge on any atom is -0.304 e. The third-order valence-corrected chi connectivity index (χ3v) is 6.92. The highest BCUT2D eigenvalue weighted by Crippen LogP contribution is 2.31. The van der Waals surface area contributed by atoms with Crippen molar-refractivity contribution in [2.24, 2.45) is 5.92 Å². The van der Waals surface area contributed by atoms with E-state index in [1.165, 1.54) is 24.7 Å². The minimum atomic E-state index is -3.24. The van der Waals surface area contributed by atoms with E-state index in [9.17, 15) is 13.2 Å². The van der Waals surface area contributed by atoms with Crippen molar-refractivity contribution < 1.29 is 13.2 Å². The predicted octanol–water partition coefficient (Wildman–Crippen LogP) is 4.26. The zero-order valence-corrected chi connectivity index (χ0v) is 16.0. The molecule has 0 radical (unpaired) electrons. The van der Waals surface area contributed by atoms with Crippen LogP contribution in [0.1, 0.15) is 44.1 Å². The molecule has 0 saturated heterocycles. The molecule has 4 nitrogen and oxygen atoms in total. The number of carbonyl (C=O) groups is 1. The Labute approximate surface area is 154 Å². The highest BCUT2D eigenvalue weighted by molar-refractivity contribution is 7.94. The lowest BCUT2D eigenvalue weighted by atomic mass is 9.86. The minimum absolute atomic E-state index is 0.0152. The normalized spacial score (nSPS) is 22.9. The molecule has 0 bridgehead atoms. The summed E-state index contributed by atoms with van der Waals surface area (Å²) < 4.78 is 23.7. The fourth-order valence-electron chi connectivity index (χ4n) is 3.71. The first-order chi connectivity index (χ1) is 11.9. The maximum absolute atomic E-state index is 13.1. The lowest BCUT2D eigenvalue weighted by Crippen LogP contribution is -2.42. The van der Waals surface area contributed by atoms with Crippen LogP contribution in [-0.2, 0) is 14.6 Å². The monoisotopic (exact) mass is 381 g/mol. The number of benzene rings is 1. The summed E-state index contributed by atoms with van der Waals surface area (Å²) in [7, 11) is -3.24. The van der Waals surface area contributed by atoms with Gasteiger partial charge in [-0.2, -0.15) is 0 Å². The molecule has 2 aliphatic rings. The van der Waals surface area contributed by atoms with Gasteiger partial charge in [-0.15, -0.1) is 0 Å². The Kier molecular flexibility index (Phi) is 5.54. The molecule has 0 spiro atoms. The molecule has 3 rings (SSSR count). The van der Waals surface area contributed by atoms with E-state index in [0.29, 0.717) is 23.0 Å². The molecule has 1 saturated carbocycles. The molecule has 6 heteroatoms. The zero-order valence-electron chi connectivity index (χ0n) is 14.4. The number of amides is 1. The number of nitrogens with zero attached hydrogens (tertiary/aromatic N) is 1. The van der Waals surface area contributed by atoms with Crippen molar-refractivity contribution in [2.45, 2.75) is 51.5 Å². The molecule has 1 aromatic rings. The maximum Gasteiger partial charge on any atom is 0.227 e. The van der Waals surface area contributed by atoms with Crippen molar-refractivity contribution in [3.05, 3.63) is 40.3 Å². The quantitative estimate of drug-likeness (QED) is 0.782. The first-order valence-corrected chi connectivity index (χ1v) is 10.9. The van der Waals surface area contributed by atoms with E-state index in [0.717, 1.165) is 18.4 Å². The first-order valence-electron chi connectivity index (χ1n) is 8.85. The van der Waals surface area contributed by atoms with Gasteiger partial charge in [0.2, 0.25) is 5.91 Å². The maximum atomic E-state index is 13.1. The van der Waals surface area contributed by atoms with Gasteiger partial charge in [-0.25, -0.2) is 8.42 Å². The van der Waals surface area contributed by atoms with E-state index < -0.39 is 15.9 Å². The number of carbonyl (C=O) groups excluding carboxylic acids is 1. The molecule has 1 aromatic carbocycles. The number of anilines is 1. The molecule has 1 amide bonds. The third-order valence-electron chi connectivity index (χ3n) is 5.13. The SMILES string of the molecule is Cc1ccc(N(C(=O)CC2CCCCC2)[C@H]2C=CS(=O)(=O)C2)cc1Cl. The summed E-state index contributed by atoms with van der Waals surface area (Å²) in [6.45, 7) is 1.90. The molecule has 0 aromatic heterocycles. The van der Waals surface area contributed by atoms with Gasteiger partial charge in [0, 0.05) is 22.5 Å². The fourth-order valence-corrected chi connectivity index (χ4v) is 5.15. The predicted molar refractivity (Wildman–Crippen MR) is 102 cm³/mol. The largest absolute Gasteiger partial charge is 0.304 e. The summed E-state index contributed by atoms with van der Waals surface area (Å²) in [6.07, 6.45) is 7.82. The first kappa shape index (κ1) is 18.5. The van der Waals surface area contributed by atoms with Crippen molar-refractivity contribution >= 4 is 33.0 Å². The molecule has 1 aliphatic heterocycles. The summed E-state index contributed by atoms with van der Waals surface area (Å²) in [6, 6.07) is 5.01. The summed E-state index contributed by atoms with van der Waals surface area (Å²) in [5.74, 6) is 0.319. The standard InChI is InChI=1S/C19H24ClNO3S/c1-14-7-8-16(12-18(14)20)21(17-9-10-25(23,24)13-17)19(22)11-15-5-3-2-4-6-15/h7-10,12,15,17H,2-6,11,13H2,1H3/t17-/m0/s1. The van der Waals surface area contributed by atoms with Gasteiger partial charge < -0.3 is 4.90 Å². The van der Waals surface area contributed by atoms with Gasteiger partial charge in [-0.05, 0) is 49.5 Å². The molecular weight excluding hydrogens is 358 g/mol. The van der Waals surface area contributed by atoms with Gasteiger partial charge in [0.1, 0.15) is 0 Å². The number of halogens is 1. The summed E-state index contributed by atoms with van der Waals surface area (Å²) in [4.78, 5) is 14.7. The molecular formula is C19H24ClNO3S. The van der Waals surface area contributed by atoms with Crippen LogP contribution in [0.5, 0.6) is 0 Å². The molecule has 25 heavy (non-hydrogen) atoms. The van der Waals surface area contributed by atoms with E-state index >= 15 is 0 Å². The van der Waals surface area contributed by atoms with E-state index in [4.69, 9.17) is 11.6 Å². The van der Waals surface area contributed by atoms with Crippen LogP contribution in [0.2, 0.25) is 5.02 Å². The third kappa shape index (κ3) is 4.45. The van der Waals surface area contributed by atoms with E-state index in [1.807, 2.05) is 19.1 Å². The Morgan fingerprint density at radius 3 is 2.56 bits per heavy atom. The van der Waals surface area contributed by atoms with Crippen LogP contribution in [0.4, 0.5) is 5.69 Å². The Balaban J connectivity index is 1.87. The molecule has 0 N–H and O–H groups in total. The summed E-state index contributed by atoms with van der Waals surface area (Å²) >= 11 is 6.24. The smallest absolute Gasteiger partial charge is 0.227 e. The van der Waals surface area contributed by atoms with E-state index in [1.54, 1.807) is 17.0 Å². The second kappa shape index (κ2) is 7.50. The molecule has 0 unspecified atom stereocenters. The van der Waals surface area contributed by atoms with Gasteiger partial charge in [-0.1, -0.05) is 36.9 Å². The van der Waals surface area contributed by atoms with Gasteiger partial charge in [0.25, 0.3) is 0 Å². The second-order valence-electron chi connectivity index (χ2n) is 7.13. The Morgan fingerprint density at radius 2 is 1.96 bits per heavy atom. The van der Waals surface area contributed by atoms with Gasteiger partial charge in [-0.3, -0.25) is 4.79 Å². The average molecular weight is 382 g/mol. The average Bonchev–Trinajstić information content (AvgIpc) is 2.91. The highest BCUT2D eigenvalue weighted by atomic mass is 35.5. The van der Waals surface area contributed by atoms with Crippen molar-refractivity contribution in [2.75, 3.05) is 10.7 Å². The molecule has 1 fully saturated rings. The number of aryl methyl sites for hydroxylation is 1. The zero-order chi connectivity index (χ0) is 18.0. The van der Waals surface area contributed by atoms with Crippen LogP contribution < -0.4 is 4.90 Å². The Morgan fingerprint density at radius 1 is 1.24 bits per heavy atom. The molecule has 1 atom stereocenters. The van der Waals surface area contributed by atoms with Crippen LogP contribution >= 0.6 is 11.6 Å². The Hall–Kier alpha value is -1.33. The van der Waals surface area contributed by atoms with Crippen LogP contribution in [0, 0.1) is 12.8 Å². The van der Waals surface area contributed by atoms with Crippen molar-refractivity contribution in [3.8, 4) is 0 Å². The highest BCUT2D eigenvalue weighted by Gasteiger charge is 2.32. The summed E-state index contributed by atoms with van der Waals surface area (Å²) in [5.41, 5.74) is 1.60. The fraction of sp³-hybridized carbons (Fsp3) is 0.526. The lowest BCUT2D eigenvalue weighted by Gasteiger charge is -2.30. The topological polar surface area (TPSA) is 54.5 Å². The van der Waals surface area contributed by atoms with Crippen molar-refractivity contribution in [1.82, 2.24) is 0 Å². The molecule has 1 aliphatic carbocycles. The van der Waals surface area contributed by atoms with Crippen molar-refractivity contribution in [1.29, 1.82) is 0 Å². The van der Waals surface area contributed by atoms with Gasteiger partial charge in [0.15, 0.2) is 9.84 Å². The molecule has 1 heterocycles. The van der Waals surface area contributed by atoms with Crippen LogP contribution in [-0.4, -0.2) is 26.1 Å². The lowest BCUT2D eigenvalue weighted by molar-refractivity contribution is -0.120. The van der Waals surface area contributed by atoms with Crippen molar-refractivity contribution in [3.63, 3.8) is 0 Å². The molecule has 136 valence electrons. The van der Waals surface area contributed by atoms with Gasteiger partial charge in [0.05, 0.1) is 11.8 Å². The van der Waals surface area contributed by atoms with E-state index in [-0.39, 0.29) is 11.7 Å². The second-order valence-corrected chi connectivity index (χ2v) is 9.47. The number of sulfone groups is 1. The summed E-state index contributed by atoms with van der Waals surface area (Å²) in [5, 5.41) is 1.80.